The van der Waals surface area contributed by atoms with Crippen LogP contribution >= 0.6 is 34.7 Å². The van der Waals surface area contributed by atoms with Crippen LogP contribution in [0.2, 0.25) is 5.02 Å². The lowest BCUT2D eigenvalue weighted by Gasteiger charge is -2.01. The first-order chi connectivity index (χ1) is 9.47. The van der Waals surface area contributed by atoms with Crippen molar-refractivity contribution >= 4 is 63.2 Å². The molecular formula is C13H12ClNO3S2. The number of carbonyl (C=O) groups is 1. The average molecular weight is 330 g/mol. The molecule has 0 radical (unpaired) electrons. The maximum atomic E-state index is 10.4. The van der Waals surface area contributed by atoms with E-state index in [1.807, 2.05) is 0 Å². The molecule has 0 atom stereocenters. The quantitative estimate of drug-likeness (QED) is 0.823. The molecule has 0 saturated carbocycles. The number of aliphatic hydroxyl groups is 1. The molecule has 0 aliphatic carbocycles. The average Bonchev–Trinajstić information content (AvgIpc) is 2.72. The number of halogens is 1. The Morgan fingerprint density at radius 1 is 1.45 bits per heavy atom. The number of fused-ring (bicyclic) bond motifs is 1. The van der Waals surface area contributed by atoms with Crippen LogP contribution in [0.5, 0.6) is 0 Å². The second kappa shape index (κ2) is 6.47. The highest BCUT2D eigenvalue weighted by Crippen LogP contribution is 2.17. The van der Waals surface area contributed by atoms with E-state index in [1.54, 1.807) is 12.1 Å². The summed E-state index contributed by atoms with van der Waals surface area (Å²) in [6.45, 7) is 3.77. The van der Waals surface area contributed by atoms with Crippen molar-refractivity contribution in [3.63, 3.8) is 0 Å². The number of hydrogen-bond donors (Lipinski definition) is 2. The molecule has 4 nitrogen and oxygen atoms in total. The number of thiazole rings is 1. The third-order valence-corrected chi connectivity index (χ3v) is 4.69. The van der Waals surface area contributed by atoms with E-state index in [0.29, 0.717) is 26.4 Å². The molecule has 0 aliphatic rings. The number of rotatable bonds is 5. The highest BCUT2D eigenvalue weighted by atomic mass is 35.5. The lowest BCUT2D eigenvalue weighted by molar-refractivity contribution is -0.136. The van der Waals surface area contributed by atoms with Crippen LogP contribution in [0.4, 0.5) is 0 Å². The summed E-state index contributed by atoms with van der Waals surface area (Å²) >= 11 is 8.92. The van der Waals surface area contributed by atoms with E-state index in [2.05, 4.69) is 11.6 Å². The smallest absolute Gasteiger partial charge is 0.304 e. The Morgan fingerprint density at radius 3 is 2.90 bits per heavy atom. The normalized spacial score (nSPS) is 12.7. The highest BCUT2D eigenvalue weighted by molar-refractivity contribution is 7.99. The van der Waals surface area contributed by atoms with Crippen LogP contribution in [-0.4, -0.2) is 32.7 Å². The molecule has 0 saturated heterocycles. The van der Waals surface area contributed by atoms with Gasteiger partial charge in [0.05, 0.1) is 27.4 Å². The molecule has 0 aliphatic heterocycles. The zero-order valence-corrected chi connectivity index (χ0v) is 12.8. The fourth-order valence-electron chi connectivity index (χ4n) is 1.62. The predicted molar refractivity (Wildman–Crippen MR) is 85.0 cm³/mol. The van der Waals surface area contributed by atoms with Crippen LogP contribution < -0.4 is 9.88 Å². The maximum Gasteiger partial charge on any atom is 0.304 e. The number of thioether (sulfide) groups is 1. The van der Waals surface area contributed by atoms with E-state index >= 15 is 0 Å². The minimum Gasteiger partial charge on any atom is -0.511 e. The van der Waals surface area contributed by atoms with Gasteiger partial charge in [-0.2, -0.15) is 11.8 Å². The molecule has 0 bridgehead atoms. The number of carboxylic acid groups (broad SMARTS) is 1. The Kier molecular flexibility index (Phi) is 4.91. The van der Waals surface area contributed by atoms with Crippen LogP contribution in [0.3, 0.4) is 0 Å². The molecule has 0 spiro atoms. The molecule has 0 unspecified atom stereocenters. The molecular weight excluding hydrogens is 318 g/mol. The largest absolute Gasteiger partial charge is 0.511 e. The summed E-state index contributed by atoms with van der Waals surface area (Å²) in [5, 5.41) is 19.6. The number of aliphatic hydroxyl groups excluding tert-OH is 1. The van der Waals surface area contributed by atoms with Gasteiger partial charge in [0, 0.05) is 11.0 Å². The molecule has 1 heterocycles. The van der Waals surface area contributed by atoms with Crippen molar-refractivity contribution in [1.82, 2.24) is 4.98 Å². The molecule has 7 heteroatoms. The Bertz CT molecular complexity index is 757. The van der Waals surface area contributed by atoms with Gasteiger partial charge in [0.25, 0.3) is 0 Å². The summed E-state index contributed by atoms with van der Waals surface area (Å²) in [4.78, 5) is 14.6. The molecule has 0 fully saturated rings. The number of nitrogens with zero attached hydrogens (tertiary/aromatic N) is 1. The summed E-state index contributed by atoms with van der Waals surface area (Å²) in [7, 11) is 0. The standard InChI is InChI=1S/C13H12ClNO3S2/c1-7-15-10-5-9(14)8(4-12(10)20-7)11(16)6-19-3-2-13(17)18/h4-5,16H,1-3,6H2,(H,17,18). The first-order valence-corrected chi connectivity index (χ1v) is 8.09. The summed E-state index contributed by atoms with van der Waals surface area (Å²) in [5.74, 6) is 0.0765. The third-order valence-electron chi connectivity index (χ3n) is 2.53. The summed E-state index contributed by atoms with van der Waals surface area (Å²) < 4.78 is 1.61. The van der Waals surface area contributed by atoms with Gasteiger partial charge in [0.15, 0.2) is 0 Å². The van der Waals surface area contributed by atoms with Crippen LogP contribution in [0.1, 0.15) is 6.42 Å². The fraction of sp³-hybridized carbons (Fsp3) is 0.231. The second-order valence-electron chi connectivity index (χ2n) is 4.05. The van der Waals surface area contributed by atoms with Gasteiger partial charge in [0.2, 0.25) is 0 Å². The second-order valence-corrected chi connectivity index (χ2v) is 6.68. The number of hydrogen-bond acceptors (Lipinski definition) is 5. The molecule has 2 N–H and O–H groups in total. The van der Waals surface area contributed by atoms with Gasteiger partial charge in [-0.15, -0.1) is 11.3 Å². The van der Waals surface area contributed by atoms with Crippen molar-refractivity contribution in [3.8, 4) is 0 Å². The van der Waals surface area contributed by atoms with Crippen LogP contribution in [0, 0.1) is 0 Å². The fourth-order valence-corrected chi connectivity index (χ4v) is 3.49. The maximum absolute atomic E-state index is 10.4. The zero-order chi connectivity index (χ0) is 14.7. The van der Waals surface area contributed by atoms with E-state index in [4.69, 9.17) is 16.7 Å². The first-order valence-electron chi connectivity index (χ1n) is 5.74. The van der Waals surface area contributed by atoms with Crippen LogP contribution in [0.25, 0.3) is 22.6 Å². The minimum atomic E-state index is -0.843. The van der Waals surface area contributed by atoms with Crippen molar-refractivity contribution in [2.45, 2.75) is 6.42 Å². The van der Waals surface area contributed by atoms with Crippen molar-refractivity contribution in [3.05, 3.63) is 27.0 Å². The number of aliphatic carboxylic acids is 1. The molecule has 2 aromatic rings. The van der Waals surface area contributed by atoms with Gasteiger partial charge in [-0.05, 0) is 12.1 Å². The number of aromatic nitrogens is 1. The molecule has 1 aromatic heterocycles. The van der Waals surface area contributed by atoms with Gasteiger partial charge in [0.1, 0.15) is 10.4 Å². The number of benzene rings is 1. The lowest BCUT2D eigenvalue weighted by atomic mass is 10.2. The molecule has 106 valence electrons. The van der Waals surface area contributed by atoms with Crippen LogP contribution in [0.15, 0.2) is 12.1 Å². The van der Waals surface area contributed by atoms with E-state index in [1.165, 1.54) is 23.1 Å². The molecule has 0 amide bonds. The van der Waals surface area contributed by atoms with Crippen molar-refractivity contribution in [2.24, 2.45) is 0 Å². The van der Waals surface area contributed by atoms with Gasteiger partial charge in [-0.25, -0.2) is 4.98 Å². The van der Waals surface area contributed by atoms with E-state index in [-0.39, 0.29) is 12.2 Å². The van der Waals surface area contributed by atoms with E-state index in [0.717, 1.165) is 10.2 Å². The van der Waals surface area contributed by atoms with E-state index < -0.39 is 5.97 Å². The minimum absolute atomic E-state index is 0.0738. The molecule has 20 heavy (non-hydrogen) atoms. The SMILES string of the molecule is C=c1nc2cc(Cl)c(=C(O)CSCCC(=O)O)cc2s1. The predicted octanol–water partition coefficient (Wildman–Crippen LogP) is 2.23. The van der Waals surface area contributed by atoms with E-state index in [9.17, 15) is 9.90 Å². The zero-order valence-electron chi connectivity index (χ0n) is 10.4. The Balaban J connectivity index is 2.24. The summed E-state index contributed by atoms with van der Waals surface area (Å²) in [6, 6.07) is 3.49. The van der Waals surface area contributed by atoms with Crippen molar-refractivity contribution in [1.29, 1.82) is 0 Å². The Hall–Kier alpha value is -1.24. The molecule has 1 aromatic carbocycles. The number of carboxylic acids is 1. The molecule has 2 rings (SSSR count). The van der Waals surface area contributed by atoms with Gasteiger partial charge in [-0.3, -0.25) is 4.79 Å². The van der Waals surface area contributed by atoms with Gasteiger partial charge in [-0.1, -0.05) is 18.2 Å². The third kappa shape index (κ3) is 3.65. The monoisotopic (exact) mass is 329 g/mol. The highest BCUT2D eigenvalue weighted by Gasteiger charge is 2.06. The first kappa shape index (κ1) is 15.2. The van der Waals surface area contributed by atoms with Gasteiger partial charge < -0.3 is 10.2 Å². The summed E-state index contributed by atoms with van der Waals surface area (Å²) in [5.41, 5.74) is 0.764. The van der Waals surface area contributed by atoms with Crippen molar-refractivity contribution in [2.75, 3.05) is 11.5 Å². The lowest BCUT2D eigenvalue weighted by Crippen LogP contribution is -2.09. The topological polar surface area (TPSA) is 70.4 Å². The Morgan fingerprint density at radius 2 is 2.20 bits per heavy atom. The van der Waals surface area contributed by atoms with Crippen molar-refractivity contribution < 1.29 is 15.0 Å². The van der Waals surface area contributed by atoms with Crippen LogP contribution in [-0.2, 0) is 4.79 Å². The summed E-state index contributed by atoms with van der Waals surface area (Å²) in [6.07, 6.45) is 0.0738. The van der Waals surface area contributed by atoms with Gasteiger partial charge >= 0.3 is 5.97 Å². The Labute approximate surface area is 128 Å².